The van der Waals surface area contributed by atoms with E-state index >= 15 is 0 Å². The Morgan fingerprint density at radius 2 is 1.91 bits per heavy atom. The monoisotopic (exact) mass is 155 g/mol. The molecular formula is C10H21N. The van der Waals surface area contributed by atoms with E-state index in [0.29, 0.717) is 6.04 Å². The molecule has 0 amide bonds. The van der Waals surface area contributed by atoms with Crippen molar-refractivity contribution in [1.82, 2.24) is 0 Å². The van der Waals surface area contributed by atoms with Crippen LogP contribution in [0.15, 0.2) is 0 Å². The third-order valence-corrected chi connectivity index (χ3v) is 3.13. The second-order valence-electron chi connectivity index (χ2n) is 4.46. The second kappa shape index (κ2) is 3.57. The maximum absolute atomic E-state index is 5.89. The van der Waals surface area contributed by atoms with Crippen LogP contribution in [0.2, 0.25) is 0 Å². The lowest BCUT2D eigenvalue weighted by Crippen LogP contribution is -2.34. The van der Waals surface area contributed by atoms with Gasteiger partial charge in [-0.05, 0) is 37.0 Å². The Morgan fingerprint density at radius 1 is 1.27 bits per heavy atom. The predicted molar refractivity (Wildman–Crippen MR) is 49.3 cm³/mol. The summed E-state index contributed by atoms with van der Waals surface area (Å²) in [6, 6.07) is 0.486. The summed E-state index contributed by atoms with van der Waals surface area (Å²) < 4.78 is 0. The molecule has 2 N–H and O–H groups in total. The lowest BCUT2D eigenvalue weighted by molar-refractivity contribution is 0.180. The zero-order valence-electron chi connectivity index (χ0n) is 8.01. The highest BCUT2D eigenvalue weighted by Crippen LogP contribution is 2.33. The summed E-state index contributed by atoms with van der Waals surface area (Å²) in [5.74, 6) is 2.62. The van der Waals surface area contributed by atoms with Crippen molar-refractivity contribution in [2.45, 2.75) is 46.1 Å². The van der Waals surface area contributed by atoms with Crippen molar-refractivity contribution in [1.29, 1.82) is 0 Å². The normalized spacial score (nSPS) is 39.5. The smallest absolute Gasteiger partial charge is 0.00415 e. The van der Waals surface area contributed by atoms with E-state index in [0.717, 1.165) is 17.8 Å². The minimum absolute atomic E-state index is 0.486. The van der Waals surface area contributed by atoms with Gasteiger partial charge in [-0.25, -0.2) is 0 Å². The van der Waals surface area contributed by atoms with Crippen molar-refractivity contribution < 1.29 is 0 Å². The van der Waals surface area contributed by atoms with E-state index in [2.05, 4.69) is 20.8 Å². The molecule has 1 unspecified atom stereocenters. The maximum atomic E-state index is 5.89. The van der Waals surface area contributed by atoms with Gasteiger partial charge in [-0.3, -0.25) is 0 Å². The zero-order valence-corrected chi connectivity index (χ0v) is 8.01. The van der Waals surface area contributed by atoms with Crippen molar-refractivity contribution in [3.8, 4) is 0 Å². The van der Waals surface area contributed by atoms with E-state index < -0.39 is 0 Å². The van der Waals surface area contributed by atoms with E-state index in [1.165, 1.54) is 19.3 Å². The largest absolute Gasteiger partial charge is 0.328 e. The zero-order chi connectivity index (χ0) is 8.43. The summed E-state index contributed by atoms with van der Waals surface area (Å²) in [6.07, 6.45) is 3.83. The molecule has 1 aliphatic rings. The molecule has 1 nitrogen and oxygen atoms in total. The van der Waals surface area contributed by atoms with Crippen LogP contribution in [-0.2, 0) is 0 Å². The summed E-state index contributed by atoms with van der Waals surface area (Å²) >= 11 is 0. The van der Waals surface area contributed by atoms with Crippen LogP contribution in [0.4, 0.5) is 0 Å². The Balaban J connectivity index is 2.44. The topological polar surface area (TPSA) is 26.0 Å². The van der Waals surface area contributed by atoms with Gasteiger partial charge in [0.05, 0.1) is 0 Å². The fourth-order valence-electron chi connectivity index (χ4n) is 2.45. The molecule has 1 heteroatoms. The first-order valence-corrected chi connectivity index (χ1v) is 4.87. The molecule has 0 heterocycles. The molecular weight excluding hydrogens is 134 g/mol. The van der Waals surface area contributed by atoms with Crippen molar-refractivity contribution >= 4 is 0 Å². The first-order valence-electron chi connectivity index (χ1n) is 4.87. The van der Waals surface area contributed by atoms with Crippen LogP contribution < -0.4 is 5.73 Å². The van der Waals surface area contributed by atoms with Gasteiger partial charge >= 0.3 is 0 Å². The van der Waals surface area contributed by atoms with Gasteiger partial charge in [0.15, 0.2) is 0 Å². The molecule has 0 aromatic heterocycles. The van der Waals surface area contributed by atoms with Gasteiger partial charge in [0.1, 0.15) is 0 Å². The lowest BCUT2D eigenvalue weighted by atomic mass is 9.73. The van der Waals surface area contributed by atoms with Crippen LogP contribution >= 0.6 is 0 Å². The molecule has 0 aromatic carbocycles. The van der Waals surface area contributed by atoms with Crippen LogP contribution in [0.3, 0.4) is 0 Å². The summed E-state index contributed by atoms with van der Waals surface area (Å²) in [5.41, 5.74) is 5.89. The Morgan fingerprint density at radius 3 is 2.36 bits per heavy atom. The summed E-state index contributed by atoms with van der Waals surface area (Å²) in [5, 5.41) is 0. The van der Waals surface area contributed by atoms with Crippen LogP contribution in [0.5, 0.6) is 0 Å². The van der Waals surface area contributed by atoms with E-state index in [1.807, 2.05) is 0 Å². The van der Waals surface area contributed by atoms with Crippen molar-refractivity contribution in [3.05, 3.63) is 0 Å². The Kier molecular flexibility index (Phi) is 2.94. The van der Waals surface area contributed by atoms with Crippen molar-refractivity contribution in [2.75, 3.05) is 0 Å². The molecule has 11 heavy (non-hydrogen) atoms. The average Bonchev–Trinajstić information content (AvgIpc) is 1.85. The highest BCUT2D eigenvalue weighted by Gasteiger charge is 2.27. The highest BCUT2D eigenvalue weighted by molar-refractivity contribution is 4.80. The van der Waals surface area contributed by atoms with Crippen LogP contribution in [0.25, 0.3) is 0 Å². The molecule has 0 radical (unpaired) electrons. The number of hydrogen-bond acceptors (Lipinski definition) is 1. The molecule has 1 fully saturated rings. The number of rotatable bonds is 1. The Bertz CT molecular complexity index is 120. The van der Waals surface area contributed by atoms with Gasteiger partial charge in [-0.1, -0.05) is 20.8 Å². The van der Waals surface area contributed by atoms with Crippen LogP contribution in [0, 0.1) is 17.8 Å². The van der Waals surface area contributed by atoms with Gasteiger partial charge < -0.3 is 5.73 Å². The average molecular weight is 155 g/mol. The minimum atomic E-state index is 0.486. The molecule has 0 saturated heterocycles. The molecule has 3 atom stereocenters. The molecule has 0 aromatic rings. The van der Waals surface area contributed by atoms with Crippen molar-refractivity contribution in [2.24, 2.45) is 23.5 Å². The van der Waals surface area contributed by atoms with E-state index in [4.69, 9.17) is 5.73 Å². The first kappa shape index (κ1) is 9.05. The predicted octanol–water partition coefficient (Wildman–Crippen LogP) is 2.41. The first-order chi connectivity index (χ1) is 5.11. The summed E-state index contributed by atoms with van der Waals surface area (Å²) in [6.45, 7) is 7.01. The molecule has 1 saturated carbocycles. The SMILES string of the molecule is CC(C)C1CC[C@@H](N)C[C@H]1C. The fourth-order valence-corrected chi connectivity index (χ4v) is 2.45. The molecule has 66 valence electrons. The molecule has 1 rings (SSSR count). The van der Waals surface area contributed by atoms with Gasteiger partial charge in [0.25, 0.3) is 0 Å². The molecule has 0 spiro atoms. The third kappa shape index (κ3) is 2.19. The quantitative estimate of drug-likeness (QED) is 0.618. The number of hydrogen-bond donors (Lipinski definition) is 1. The molecule has 0 bridgehead atoms. The van der Waals surface area contributed by atoms with Crippen LogP contribution in [-0.4, -0.2) is 6.04 Å². The molecule has 0 aliphatic heterocycles. The Hall–Kier alpha value is -0.0400. The summed E-state index contributed by atoms with van der Waals surface area (Å²) in [4.78, 5) is 0. The van der Waals surface area contributed by atoms with E-state index in [9.17, 15) is 0 Å². The standard InChI is InChI=1S/C10H21N/c1-7(2)10-5-4-9(11)6-8(10)3/h7-10H,4-6,11H2,1-3H3/t8-,9-,10?/m1/s1. The van der Waals surface area contributed by atoms with E-state index in [-0.39, 0.29) is 0 Å². The van der Waals surface area contributed by atoms with E-state index in [1.54, 1.807) is 0 Å². The van der Waals surface area contributed by atoms with Gasteiger partial charge in [0.2, 0.25) is 0 Å². The van der Waals surface area contributed by atoms with Gasteiger partial charge in [-0.2, -0.15) is 0 Å². The second-order valence-corrected chi connectivity index (χ2v) is 4.46. The maximum Gasteiger partial charge on any atom is 0.00415 e. The number of nitrogens with two attached hydrogens (primary N) is 1. The fraction of sp³-hybridized carbons (Fsp3) is 1.00. The van der Waals surface area contributed by atoms with Crippen molar-refractivity contribution in [3.63, 3.8) is 0 Å². The van der Waals surface area contributed by atoms with Crippen LogP contribution in [0.1, 0.15) is 40.0 Å². The summed E-state index contributed by atoms with van der Waals surface area (Å²) in [7, 11) is 0. The highest BCUT2D eigenvalue weighted by atomic mass is 14.6. The molecule has 1 aliphatic carbocycles. The lowest BCUT2D eigenvalue weighted by Gasteiger charge is -2.34. The minimum Gasteiger partial charge on any atom is -0.328 e. The third-order valence-electron chi connectivity index (χ3n) is 3.13. The Labute approximate surface area is 70.4 Å². The van der Waals surface area contributed by atoms with Gasteiger partial charge in [0, 0.05) is 6.04 Å². The van der Waals surface area contributed by atoms with Gasteiger partial charge in [-0.15, -0.1) is 0 Å².